The summed E-state index contributed by atoms with van der Waals surface area (Å²) in [6.45, 7) is 2.10. The van der Waals surface area contributed by atoms with E-state index in [4.69, 9.17) is 0 Å². The predicted molar refractivity (Wildman–Crippen MR) is 26.8 cm³/mol. The van der Waals surface area contributed by atoms with E-state index < -0.39 is 0 Å². The molecule has 32 valence electrons. The van der Waals surface area contributed by atoms with Gasteiger partial charge in [-0.15, -0.1) is 0 Å². The van der Waals surface area contributed by atoms with E-state index in [-0.39, 0.29) is 0 Å². The standard InChI is InChI=1S/C5H7N/c1-5-2-3-6-4-5/h2-5H,1H3/t5-/m1/s1. The second-order valence-electron chi connectivity index (χ2n) is 1.50. The van der Waals surface area contributed by atoms with Crippen LogP contribution in [0.15, 0.2) is 17.3 Å². The van der Waals surface area contributed by atoms with Crippen molar-refractivity contribution in [2.24, 2.45) is 10.9 Å². The van der Waals surface area contributed by atoms with Gasteiger partial charge in [0.05, 0.1) is 0 Å². The topological polar surface area (TPSA) is 12.4 Å². The minimum absolute atomic E-state index is 0.574. The minimum Gasteiger partial charge on any atom is -0.269 e. The lowest BCUT2D eigenvalue weighted by Crippen LogP contribution is -1.81. The quantitative estimate of drug-likeness (QED) is 0.415. The van der Waals surface area contributed by atoms with Crippen LogP contribution in [0.2, 0.25) is 0 Å². The molecule has 0 aliphatic carbocycles. The molecule has 0 aromatic rings. The van der Waals surface area contributed by atoms with Crippen molar-refractivity contribution < 1.29 is 0 Å². The van der Waals surface area contributed by atoms with Crippen LogP contribution >= 0.6 is 0 Å². The Labute approximate surface area is 37.4 Å². The highest BCUT2D eigenvalue weighted by Crippen LogP contribution is 1.98. The zero-order valence-corrected chi connectivity index (χ0v) is 3.76. The second-order valence-corrected chi connectivity index (χ2v) is 1.50. The molecule has 0 aromatic heterocycles. The summed E-state index contributed by atoms with van der Waals surface area (Å²) in [4.78, 5) is 3.86. The normalized spacial score (nSPS) is 29.2. The van der Waals surface area contributed by atoms with Gasteiger partial charge in [-0.2, -0.15) is 0 Å². The van der Waals surface area contributed by atoms with Crippen LogP contribution in [-0.4, -0.2) is 6.21 Å². The Kier molecular flexibility index (Phi) is 0.748. The number of rotatable bonds is 0. The van der Waals surface area contributed by atoms with Crippen molar-refractivity contribution in [2.75, 3.05) is 0 Å². The predicted octanol–water partition coefficient (Wildman–Crippen LogP) is 1.22. The first-order chi connectivity index (χ1) is 2.89. The number of hydrogen-bond donors (Lipinski definition) is 0. The lowest BCUT2D eigenvalue weighted by molar-refractivity contribution is 1.05. The Bertz CT molecular complexity index is 80.1. The van der Waals surface area contributed by atoms with Crippen molar-refractivity contribution in [2.45, 2.75) is 6.92 Å². The van der Waals surface area contributed by atoms with Gasteiger partial charge in [0, 0.05) is 18.3 Å². The highest BCUT2D eigenvalue weighted by atomic mass is 14.7. The molecule has 1 rings (SSSR count). The van der Waals surface area contributed by atoms with Gasteiger partial charge >= 0.3 is 0 Å². The summed E-state index contributed by atoms with van der Waals surface area (Å²) in [5.74, 6) is 0.574. The van der Waals surface area contributed by atoms with E-state index in [0.29, 0.717) is 5.92 Å². The van der Waals surface area contributed by atoms with Crippen molar-refractivity contribution in [3.05, 3.63) is 12.3 Å². The smallest absolute Gasteiger partial charge is 0.0230 e. The van der Waals surface area contributed by atoms with Crippen LogP contribution in [0.5, 0.6) is 0 Å². The largest absolute Gasteiger partial charge is 0.269 e. The molecular weight excluding hydrogens is 74.1 g/mol. The fourth-order valence-corrected chi connectivity index (χ4v) is 0.421. The fraction of sp³-hybridized carbons (Fsp3) is 0.400. The SMILES string of the molecule is C[C@@H]1C=CN=C1. The van der Waals surface area contributed by atoms with Gasteiger partial charge in [0.15, 0.2) is 0 Å². The number of hydrogen-bond acceptors (Lipinski definition) is 1. The van der Waals surface area contributed by atoms with Crippen molar-refractivity contribution in [1.82, 2.24) is 0 Å². The van der Waals surface area contributed by atoms with E-state index >= 15 is 0 Å². The van der Waals surface area contributed by atoms with E-state index in [1.165, 1.54) is 0 Å². The molecule has 1 heteroatoms. The lowest BCUT2D eigenvalue weighted by Gasteiger charge is -1.81. The molecule has 1 nitrogen and oxygen atoms in total. The van der Waals surface area contributed by atoms with Crippen molar-refractivity contribution in [3.8, 4) is 0 Å². The van der Waals surface area contributed by atoms with Crippen LogP contribution in [0, 0.1) is 5.92 Å². The number of nitrogens with zero attached hydrogens (tertiary/aromatic N) is 1. The first kappa shape index (κ1) is 3.59. The Morgan fingerprint density at radius 3 is 2.67 bits per heavy atom. The molecule has 0 bridgehead atoms. The third-order valence-electron chi connectivity index (χ3n) is 0.797. The fourth-order valence-electron chi connectivity index (χ4n) is 0.421. The Morgan fingerprint density at radius 2 is 2.50 bits per heavy atom. The average Bonchev–Trinajstić information content (AvgIpc) is 1.86. The highest BCUT2D eigenvalue weighted by molar-refractivity contribution is 5.66. The zero-order valence-electron chi connectivity index (χ0n) is 3.76. The first-order valence-electron chi connectivity index (χ1n) is 2.09. The number of aliphatic imine (C=N–C) groups is 1. The van der Waals surface area contributed by atoms with Crippen molar-refractivity contribution in [3.63, 3.8) is 0 Å². The van der Waals surface area contributed by atoms with E-state index in [1.54, 1.807) is 0 Å². The summed E-state index contributed by atoms with van der Waals surface area (Å²) >= 11 is 0. The van der Waals surface area contributed by atoms with Crippen LogP contribution in [0.25, 0.3) is 0 Å². The summed E-state index contributed by atoms with van der Waals surface area (Å²) in [5, 5.41) is 0. The van der Waals surface area contributed by atoms with Gasteiger partial charge in [0.25, 0.3) is 0 Å². The molecule has 0 amide bonds. The molecule has 0 radical (unpaired) electrons. The van der Waals surface area contributed by atoms with Gasteiger partial charge in [0.2, 0.25) is 0 Å². The van der Waals surface area contributed by atoms with Gasteiger partial charge in [-0.3, -0.25) is 4.99 Å². The molecule has 1 aliphatic rings. The maximum absolute atomic E-state index is 3.86. The van der Waals surface area contributed by atoms with Gasteiger partial charge < -0.3 is 0 Å². The van der Waals surface area contributed by atoms with E-state index in [1.807, 2.05) is 12.4 Å². The molecule has 0 N–H and O–H groups in total. The molecule has 0 fully saturated rings. The summed E-state index contributed by atoms with van der Waals surface area (Å²) in [5.41, 5.74) is 0. The average molecular weight is 81.1 g/mol. The van der Waals surface area contributed by atoms with Crippen LogP contribution in [0.4, 0.5) is 0 Å². The van der Waals surface area contributed by atoms with Gasteiger partial charge in [0.1, 0.15) is 0 Å². The Hall–Kier alpha value is -0.590. The van der Waals surface area contributed by atoms with Crippen LogP contribution < -0.4 is 0 Å². The van der Waals surface area contributed by atoms with E-state index in [9.17, 15) is 0 Å². The van der Waals surface area contributed by atoms with Gasteiger partial charge in [-0.25, -0.2) is 0 Å². The van der Waals surface area contributed by atoms with Crippen LogP contribution in [0.3, 0.4) is 0 Å². The monoisotopic (exact) mass is 81.1 g/mol. The van der Waals surface area contributed by atoms with Gasteiger partial charge in [-0.05, 0) is 0 Å². The van der Waals surface area contributed by atoms with Crippen molar-refractivity contribution >= 4 is 6.21 Å². The summed E-state index contributed by atoms with van der Waals surface area (Å²) < 4.78 is 0. The molecule has 1 atom stereocenters. The summed E-state index contributed by atoms with van der Waals surface area (Å²) in [6.07, 6.45) is 5.80. The molecule has 0 saturated carbocycles. The lowest BCUT2D eigenvalue weighted by atomic mass is 10.2. The Morgan fingerprint density at radius 1 is 1.67 bits per heavy atom. The zero-order chi connectivity index (χ0) is 4.41. The second kappa shape index (κ2) is 1.25. The molecule has 0 spiro atoms. The molecule has 1 aliphatic heterocycles. The summed E-state index contributed by atoms with van der Waals surface area (Å²) in [7, 11) is 0. The van der Waals surface area contributed by atoms with Crippen LogP contribution in [0.1, 0.15) is 6.92 Å². The van der Waals surface area contributed by atoms with Crippen molar-refractivity contribution in [1.29, 1.82) is 0 Å². The molecule has 1 heterocycles. The molecular formula is C5H7N. The van der Waals surface area contributed by atoms with E-state index in [0.717, 1.165) is 0 Å². The molecule has 6 heavy (non-hydrogen) atoms. The Balaban J connectivity index is 2.60. The summed E-state index contributed by atoms with van der Waals surface area (Å²) in [6, 6.07) is 0. The molecule has 0 unspecified atom stereocenters. The first-order valence-corrected chi connectivity index (χ1v) is 2.09. The minimum atomic E-state index is 0.574. The van der Waals surface area contributed by atoms with Gasteiger partial charge in [-0.1, -0.05) is 13.0 Å². The molecule has 0 aromatic carbocycles. The third-order valence-corrected chi connectivity index (χ3v) is 0.797. The number of allylic oxidation sites excluding steroid dienone is 1. The van der Waals surface area contributed by atoms with Crippen LogP contribution in [-0.2, 0) is 0 Å². The van der Waals surface area contributed by atoms with E-state index in [2.05, 4.69) is 18.0 Å². The highest BCUT2D eigenvalue weighted by Gasteiger charge is 1.91. The third kappa shape index (κ3) is 0.482. The maximum Gasteiger partial charge on any atom is 0.0230 e. The molecule has 0 saturated heterocycles. The maximum atomic E-state index is 3.86.